The molecule has 0 aromatic carbocycles. The van der Waals surface area contributed by atoms with Gasteiger partial charge >= 0.3 is 0 Å². The summed E-state index contributed by atoms with van der Waals surface area (Å²) < 4.78 is 7.37. The van der Waals surface area contributed by atoms with Crippen LogP contribution in [-0.2, 0) is 11.3 Å². The Kier molecular flexibility index (Phi) is 3.38. The van der Waals surface area contributed by atoms with Crippen LogP contribution in [0, 0.1) is 0 Å². The Labute approximate surface area is 89.9 Å². The van der Waals surface area contributed by atoms with Crippen LogP contribution in [0.2, 0.25) is 0 Å². The second-order valence-electron chi connectivity index (χ2n) is 3.98. The molecule has 0 saturated carbocycles. The molecule has 1 saturated heterocycles. The molecule has 1 aromatic heterocycles. The molecule has 1 aromatic rings. The molecule has 1 fully saturated rings. The van der Waals surface area contributed by atoms with Crippen LogP contribution in [0.3, 0.4) is 0 Å². The zero-order chi connectivity index (χ0) is 10.7. The van der Waals surface area contributed by atoms with Crippen molar-refractivity contribution in [1.82, 2.24) is 9.78 Å². The normalized spacial score (nSPS) is 24.0. The highest BCUT2D eigenvalue weighted by Gasteiger charge is 2.24. The van der Waals surface area contributed by atoms with Crippen molar-refractivity contribution in [2.24, 2.45) is 0 Å². The number of aliphatic hydroxyl groups is 1. The van der Waals surface area contributed by atoms with E-state index in [0.29, 0.717) is 0 Å². The van der Waals surface area contributed by atoms with E-state index < -0.39 is 6.10 Å². The van der Waals surface area contributed by atoms with Crippen molar-refractivity contribution in [2.45, 2.75) is 44.9 Å². The molecule has 0 radical (unpaired) electrons. The predicted molar refractivity (Wildman–Crippen MR) is 56.5 cm³/mol. The molecule has 1 aliphatic rings. The SMILES string of the molecule is CCn1cc(C(O)C2CCCCO2)cn1. The summed E-state index contributed by atoms with van der Waals surface area (Å²) in [6.07, 6.45) is 6.24. The van der Waals surface area contributed by atoms with Gasteiger partial charge in [-0.2, -0.15) is 5.10 Å². The van der Waals surface area contributed by atoms with Gasteiger partial charge in [0.15, 0.2) is 0 Å². The van der Waals surface area contributed by atoms with E-state index in [9.17, 15) is 5.11 Å². The lowest BCUT2D eigenvalue weighted by atomic mass is 10.0. The molecule has 2 heterocycles. The van der Waals surface area contributed by atoms with Crippen LogP contribution in [0.4, 0.5) is 0 Å². The van der Waals surface area contributed by atoms with Gasteiger partial charge in [0.2, 0.25) is 0 Å². The largest absolute Gasteiger partial charge is 0.386 e. The first-order valence-electron chi connectivity index (χ1n) is 5.63. The molecule has 0 spiro atoms. The summed E-state index contributed by atoms with van der Waals surface area (Å²) in [5, 5.41) is 14.2. The molecule has 1 aliphatic heterocycles. The average Bonchev–Trinajstić information content (AvgIpc) is 2.78. The Morgan fingerprint density at radius 2 is 2.53 bits per heavy atom. The van der Waals surface area contributed by atoms with E-state index >= 15 is 0 Å². The maximum atomic E-state index is 10.1. The maximum absolute atomic E-state index is 10.1. The minimum Gasteiger partial charge on any atom is -0.386 e. The molecule has 2 rings (SSSR count). The lowest BCUT2D eigenvalue weighted by Crippen LogP contribution is -2.26. The van der Waals surface area contributed by atoms with Gasteiger partial charge < -0.3 is 9.84 Å². The Bertz CT molecular complexity index is 305. The Balaban J connectivity index is 2.02. The van der Waals surface area contributed by atoms with Crippen LogP contribution >= 0.6 is 0 Å². The summed E-state index contributed by atoms with van der Waals surface area (Å²) >= 11 is 0. The monoisotopic (exact) mass is 210 g/mol. The van der Waals surface area contributed by atoms with Crippen LogP contribution in [0.5, 0.6) is 0 Å². The first-order chi connectivity index (χ1) is 7.31. The van der Waals surface area contributed by atoms with Gasteiger partial charge in [-0.3, -0.25) is 4.68 Å². The fourth-order valence-corrected chi connectivity index (χ4v) is 1.93. The van der Waals surface area contributed by atoms with Gasteiger partial charge in [0, 0.05) is 24.9 Å². The van der Waals surface area contributed by atoms with Crippen molar-refractivity contribution < 1.29 is 9.84 Å². The predicted octanol–water partition coefficient (Wildman–Crippen LogP) is 1.51. The fourth-order valence-electron chi connectivity index (χ4n) is 1.93. The smallest absolute Gasteiger partial charge is 0.108 e. The second-order valence-corrected chi connectivity index (χ2v) is 3.98. The van der Waals surface area contributed by atoms with Crippen LogP contribution < -0.4 is 0 Å². The zero-order valence-electron chi connectivity index (χ0n) is 9.09. The lowest BCUT2D eigenvalue weighted by molar-refractivity contribution is -0.0633. The lowest BCUT2D eigenvalue weighted by Gasteiger charge is -2.26. The van der Waals surface area contributed by atoms with E-state index in [1.165, 1.54) is 0 Å². The molecule has 0 amide bonds. The summed E-state index contributed by atoms with van der Waals surface area (Å²) in [7, 11) is 0. The number of aromatic nitrogens is 2. The van der Waals surface area contributed by atoms with Crippen molar-refractivity contribution in [3.63, 3.8) is 0 Å². The summed E-state index contributed by atoms with van der Waals surface area (Å²) in [6.45, 7) is 3.63. The third kappa shape index (κ3) is 2.38. The quantitative estimate of drug-likeness (QED) is 0.822. The first-order valence-corrected chi connectivity index (χ1v) is 5.63. The topological polar surface area (TPSA) is 47.3 Å². The average molecular weight is 210 g/mol. The Morgan fingerprint density at radius 1 is 1.67 bits per heavy atom. The minimum absolute atomic E-state index is 0.0479. The summed E-state index contributed by atoms with van der Waals surface area (Å²) in [5.41, 5.74) is 0.865. The van der Waals surface area contributed by atoms with Gasteiger partial charge in [-0.1, -0.05) is 0 Å². The number of ether oxygens (including phenoxy) is 1. The number of aliphatic hydroxyl groups excluding tert-OH is 1. The summed E-state index contributed by atoms with van der Waals surface area (Å²) in [5.74, 6) is 0. The van der Waals surface area contributed by atoms with Gasteiger partial charge in [-0.25, -0.2) is 0 Å². The molecule has 4 nitrogen and oxygen atoms in total. The molecule has 2 atom stereocenters. The van der Waals surface area contributed by atoms with E-state index in [-0.39, 0.29) is 6.10 Å². The summed E-state index contributed by atoms with van der Waals surface area (Å²) in [6, 6.07) is 0. The molecule has 0 bridgehead atoms. The molecule has 84 valence electrons. The van der Waals surface area contributed by atoms with Crippen LogP contribution in [-0.4, -0.2) is 27.6 Å². The number of rotatable bonds is 3. The van der Waals surface area contributed by atoms with Crippen molar-refractivity contribution in [1.29, 1.82) is 0 Å². The van der Waals surface area contributed by atoms with Crippen molar-refractivity contribution in [3.05, 3.63) is 18.0 Å². The molecule has 15 heavy (non-hydrogen) atoms. The van der Waals surface area contributed by atoms with Crippen molar-refractivity contribution >= 4 is 0 Å². The standard InChI is InChI=1S/C11H18N2O2/c1-2-13-8-9(7-12-13)11(14)10-5-3-4-6-15-10/h7-8,10-11,14H,2-6H2,1H3. The van der Waals surface area contributed by atoms with Crippen molar-refractivity contribution in [3.8, 4) is 0 Å². The van der Waals surface area contributed by atoms with Gasteiger partial charge in [0.05, 0.1) is 12.3 Å². The molecule has 2 unspecified atom stereocenters. The Hall–Kier alpha value is -0.870. The van der Waals surface area contributed by atoms with Gasteiger partial charge in [0.1, 0.15) is 6.10 Å². The minimum atomic E-state index is -0.523. The fraction of sp³-hybridized carbons (Fsp3) is 0.727. The van der Waals surface area contributed by atoms with E-state index in [4.69, 9.17) is 4.74 Å². The third-order valence-electron chi connectivity index (χ3n) is 2.89. The van der Waals surface area contributed by atoms with Gasteiger partial charge in [-0.05, 0) is 26.2 Å². The number of aryl methyl sites for hydroxylation is 1. The van der Waals surface area contributed by atoms with Crippen LogP contribution in [0.15, 0.2) is 12.4 Å². The van der Waals surface area contributed by atoms with Crippen molar-refractivity contribution in [2.75, 3.05) is 6.61 Å². The van der Waals surface area contributed by atoms with E-state index in [0.717, 1.165) is 38.0 Å². The summed E-state index contributed by atoms with van der Waals surface area (Å²) in [4.78, 5) is 0. The van der Waals surface area contributed by atoms with Gasteiger partial charge in [-0.15, -0.1) is 0 Å². The number of hydrogen-bond donors (Lipinski definition) is 1. The molecule has 0 aliphatic carbocycles. The van der Waals surface area contributed by atoms with E-state index in [1.54, 1.807) is 6.20 Å². The second kappa shape index (κ2) is 4.77. The Morgan fingerprint density at radius 3 is 3.13 bits per heavy atom. The van der Waals surface area contributed by atoms with Crippen LogP contribution in [0.25, 0.3) is 0 Å². The highest BCUT2D eigenvalue weighted by Crippen LogP contribution is 2.25. The maximum Gasteiger partial charge on any atom is 0.108 e. The van der Waals surface area contributed by atoms with Crippen LogP contribution in [0.1, 0.15) is 37.9 Å². The van der Waals surface area contributed by atoms with E-state index in [1.807, 2.05) is 17.8 Å². The molecular weight excluding hydrogens is 192 g/mol. The molecular formula is C11H18N2O2. The zero-order valence-corrected chi connectivity index (χ0v) is 9.09. The number of hydrogen-bond acceptors (Lipinski definition) is 3. The third-order valence-corrected chi connectivity index (χ3v) is 2.89. The highest BCUT2D eigenvalue weighted by atomic mass is 16.5. The molecule has 1 N–H and O–H groups in total. The number of nitrogens with zero attached hydrogens (tertiary/aromatic N) is 2. The van der Waals surface area contributed by atoms with E-state index in [2.05, 4.69) is 5.10 Å². The molecule has 4 heteroatoms. The first kappa shape index (κ1) is 10.6. The highest BCUT2D eigenvalue weighted by molar-refractivity contribution is 5.09. The van der Waals surface area contributed by atoms with Gasteiger partial charge in [0.25, 0.3) is 0 Å².